The van der Waals surface area contributed by atoms with Crippen LogP contribution in [-0.2, 0) is 4.74 Å². The Labute approximate surface area is 104 Å². The van der Waals surface area contributed by atoms with E-state index in [2.05, 4.69) is 10.6 Å². The number of amides is 1. The van der Waals surface area contributed by atoms with Crippen molar-refractivity contribution in [3.8, 4) is 0 Å². The molecule has 0 saturated carbocycles. The predicted octanol–water partition coefficient (Wildman–Crippen LogP) is 2.19. The summed E-state index contributed by atoms with van der Waals surface area (Å²) >= 11 is 0. The molecule has 1 saturated heterocycles. The highest BCUT2D eigenvalue weighted by Crippen LogP contribution is 2.28. The zero-order chi connectivity index (χ0) is 14.0. The molecule has 1 fully saturated rings. The standard InChI is InChI=1S/C11H19F3N2O2/c1-10(2,3)18-9(17)15-6-7-4-5-8(16-7)11(12,13)14/h7-8,16H,4-6H2,1-3H3,(H,15,17)/t7-,8+/m0/s1. The molecule has 1 heterocycles. The van der Waals surface area contributed by atoms with Crippen molar-refractivity contribution in [1.29, 1.82) is 0 Å². The summed E-state index contributed by atoms with van der Waals surface area (Å²) in [5.41, 5.74) is -0.609. The number of carbonyl (C=O) groups is 1. The molecule has 0 aromatic heterocycles. The van der Waals surface area contributed by atoms with Crippen molar-refractivity contribution in [2.45, 2.75) is 57.5 Å². The number of rotatable bonds is 2. The van der Waals surface area contributed by atoms with Crippen molar-refractivity contribution >= 4 is 6.09 Å². The minimum absolute atomic E-state index is 0.0458. The second-order valence-electron chi connectivity index (χ2n) is 5.42. The Kier molecular flexibility index (Phi) is 4.47. The molecule has 0 aromatic carbocycles. The highest BCUT2D eigenvalue weighted by Gasteiger charge is 2.43. The molecule has 1 rings (SSSR count). The van der Waals surface area contributed by atoms with Crippen LogP contribution in [0.5, 0.6) is 0 Å². The fourth-order valence-electron chi connectivity index (χ4n) is 1.76. The first-order chi connectivity index (χ1) is 8.08. The van der Waals surface area contributed by atoms with E-state index in [-0.39, 0.29) is 19.0 Å². The van der Waals surface area contributed by atoms with E-state index in [0.29, 0.717) is 6.42 Å². The lowest BCUT2D eigenvalue weighted by atomic mass is 10.2. The quantitative estimate of drug-likeness (QED) is 0.807. The van der Waals surface area contributed by atoms with Crippen LogP contribution in [0, 0.1) is 0 Å². The van der Waals surface area contributed by atoms with Gasteiger partial charge in [-0.05, 0) is 33.6 Å². The molecular formula is C11H19F3N2O2. The largest absolute Gasteiger partial charge is 0.444 e. The Morgan fingerprint density at radius 2 is 1.94 bits per heavy atom. The van der Waals surface area contributed by atoms with Gasteiger partial charge in [0.2, 0.25) is 0 Å². The van der Waals surface area contributed by atoms with Gasteiger partial charge in [0.15, 0.2) is 0 Å². The third kappa shape index (κ3) is 5.12. The SMILES string of the molecule is CC(C)(C)OC(=O)NC[C@@H]1CC[C@H](C(F)(F)F)N1. The van der Waals surface area contributed by atoms with Gasteiger partial charge in [0.05, 0.1) is 0 Å². The highest BCUT2D eigenvalue weighted by molar-refractivity contribution is 5.67. The maximum atomic E-state index is 12.4. The van der Waals surface area contributed by atoms with E-state index in [1.165, 1.54) is 0 Å². The molecule has 0 aliphatic carbocycles. The summed E-state index contributed by atoms with van der Waals surface area (Å²) in [6.07, 6.45) is -4.40. The van der Waals surface area contributed by atoms with Crippen LogP contribution in [-0.4, -0.2) is 36.5 Å². The van der Waals surface area contributed by atoms with Gasteiger partial charge in [-0.25, -0.2) is 4.79 Å². The topological polar surface area (TPSA) is 50.4 Å². The summed E-state index contributed by atoms with van der Waals surface area (Å²) in [7, 11) is 0. The number of ether oxygens (including phenoxy) is 1. The molecular weight excluding hydrogens is 249 g/mol. The fraction of sp³-hybridized carbons (Fsp3) is 0.909. The minimum atomic E-state index is -4.22. The number of halogens is 3. The van der Waals surface area contributed by atoms with Crippen LogP contribution in [0.4, 0.5) is 18.0 Å². The van der Waals surface area contributed by atoms with Gasteiger partial charge >= 0.3 is 12.3 Å². The molecule has 0 aromatic rings. The first kappa shape index (κ1) is 15.1. The van der Waals surface area contributed by atoms with E-state index < -0.39 is 23.9 Å². The molecule has 1 amide bonds. The maximum absolute atomic E-state index is 12.4. The molecule has 1 aliphatic heterocycles. The first-order valence-corrected chi connectivity index (χ1v) is 5.87. The summed E-state index contributed by atoms with van der Waals surface area (Å²) in [5.74, 6) is 0. The third-order valence-corrected chi connectivity index (χ3v) is 2.53. The molecule has 4 nitrogen and oxygen atoms in total. The van der Waals surface area contributed by atoms with Crippen molar-refractivity contribution in [2.24, 2.45) is 0 Å². The lowest BCUT2D eigenvalue weighted by Crippen LogP contribution is -2.45. The van der Waals surface area contributed by atoms with Gasteiger partial charge in [-0.2, -0.15) is 13.2 Å². The van der Waals surface area contributed by atoms with Crippen LogP contribution in [0.1, 0.15) is 33.6 Å². The van der Waals surface area contributed by atoms with Crippen molar-refractivity contribution in [3.63, 3.8) is 0 Å². The monoisotopic (exact) mass is 268 g/mol. The average Bonchev–Trinajstić information content (AvgIpc) is 2.59. The third-order valence-electron chi connectivity index (χ3n) is 2.53. The molecule has 0 radical (unpaired) electrons. The van der Waals surface area contributed by atoms with Crippen LogP contribution in [0.25, 0.3) is 0 Å². The van der Waals surface area contributed by atoms with Gasteiger partial charge in [0.1, 0.15) is 11.6 Å². The highest BCUT2D eigenvalue weighted by atomic mass is 19.4. The van der Waals surface area contributed by atoms with Crippen molar-refractivity contribution in [1.82, 2.24) is 10.6 Å². The van der Waals surface area contributed by atoms with E-state index in [9.17, 15) is 18.0 Å². The van der Waals surface area contributed by atoms with Crippen molar-refractivity contribution < 1.29 is 22.7 Å². The molecule has 106 valence electrons. The molecule has 18 heavy (non-hydrogen) atoms. The summed E-state index contributed by atoms with van der Waals surface area (Å²) < 4.78 is 42.1. The number of alkyl halides is 3. The second-order valence-corrected chi connectivity index (χ2v) is 5.42. The number of alkyl carbamates (subject to hydrolysis) is 1. The van der Waals surface area contributed by atoms with Crippen LogP contribution < -0.4 is 10.6 Å². The van der Waals surface area contributed by atoms with Crippen LogP contribution in [0.3, 0.4) is 0 Å². The van der Waals surface area contributed by atoms with Gasteiger partial charge in [0.25, 0.3) is 0 Å². The molecule has 0 unspecified atom stereocenters. The number of nitrogens with one attached hydrogen (secondary N) is 2. The predicted molar refractivity (Wildman–Crippen MR) is 60.2 cm³/mol. The normalized spacial score (nSPS) is 25.0. The summed E-state index contributed by atoms with van der Waals surface area (Å²) in [4.78, 5) is 11.3. The summed E-state index contributed by atoms with van der Waals surface area (Å²) in [6, 6.07) is -1.83. The number of carbonyl (C=O) groups excluding carboxylic acids is 1. The molecule has 1 aliphatic rings. The van der Waals surface area contributed by atoms with E-state index in [4.69, 9.17) is 4.74 Å². The van der Waals surface area contributed by atoms with Gasteiger partial charge in [-0.3, -0.25) is 0 Å². The smallest absolute Gasteiger partial charge is 0.407 e. The Morgan fingerprint density at radius 1 is 1.33 bits per heavy atom. The lowest BCUT2D eigenvalue weighted by molar-refractivity contribution is -0.152. The van der Waals surface area contributed by atoms with Crippen LogP contribution in [0.2, 0.25) is 0 Å². The maximum Gasteiger partial charge on any atom is 0.407 e. The molecule has 0 spiro atoms. The van der Waals surface area contributed by atoms with E-state index in [1.807, 2.05) is 0 Å². The van der Waals surface area contributed by atoms with E-state index in [0.717, 1.165) is 0 Å². The zero-order valence-corrected chi connectivity index (χ0v) is 10.7. The van der Waals surface area contributed by atoms with Gasteiger partial charge < -0.3 is 15.4 Å². The average molecular weight is 268 g/mol. The van der Waals surface area contributed by atoms with Gasteiger partial charge in [-0.1, -0.05) is 0 Å². The number of hydrogen-bond acceptors (Lipinski definition) is 3. The lowest BCUT2D eigenvalue weighted by Gasteiger charge is -2.21. The van der Waals surface area contributed by atoms with Crippen molar-refractivity contribution in [2.75, 3.05) is 6.54 Å². The number of hydrogen-bond donors (Lipinski definition) is 2. The molecule has 2 N–H and O–H groups in total. The Balaban J connectivity index is 2.28. The minimum Gasteiger partial charge on any atom is -0.444 e. The Bertz CT molecular complexity index is 300. The molecule has 2 atom stereocenters. The molecule has 0 bridgehead atoms. The Morgan fingerprint density at radius 3 is 2.39 bits per heavy atom. The van der Waals surface area contributed by atoms with Crippen LogP contribution in [0.15, 0.2) is 0 Å². The summed E-state index contributed by atoms with van der Waals surface area (Å²) in [5, 5.41) is 4.92. The Hall–Kier alpha value is -0.980. The van der Waals surface area contributed by atoms with E-state index in [1.54, 1.807) is 20.8 Å². The summed E-state index contributed by atoms with van der Waals surface area (Å²) in [6.45, 7) is 5.31. The second kappa shape index (κ2) is 5.34. The first-order valence-electron chi connectivity index (χ1n) is 5.87. The van der Waals surface area contributed by atoms with Gasteiger partial charge in [-0.15, -0.1) is 0 Å². The van der Waals surface area contributed by atoms with Gasteiger partial charge in [0, 0.05) is 12.6 Å². The molecule has 7 heteroatoms. The van der Waals surface area contributed by atoms with E-state index >= 15 is 0 Å². The zero-order valence-electron chi connectivity index (χ0n) is 10.7. The van der Waals surface area contributed by atoms with Crippen molar-refractivity contribution in [3.05, 3.63) is 0 Å². The van der Waals surface area contributed by atoms with Crippen LogP contribution >= 0.6 is 0 Å². The fourth-order valence-corrected chi connectivity index (χ4v) is 1.76.